The molecular weight excluding hydrogens is 240 g/mol. The number of hydrogen-bond acceptors (Lipinski definition) is 5. The van der Waals surface area contributed by atoms with Crippen LogP contribution in [0.25, 0.3) is 0 Å². The zero-order valence-corrected chi connectivity index (χ0v) is 12.3. The molecular formula is C14H24N4O. The number of pyridine rings is 1. The molecule has 0 amide bonds. The minimum Gasteiger partial charge on any atom is -0.476 e. The highest BCUT2D eigenvalue weighted by molar-refractivity contribution is 5.54. The number of nitrogens with two attached hydrogens (primary N) is 1. The van der Waals surface area contributed by atoms with Gasteiger partial charge in [0, 0.05) is 25.2 Å². The number of aromatic nitrogens is 1. The molecule has 0 aliphatic carbocycles. The van der Waals surface area contributed by atoms with Crippen molar-refractivity contribution >= 4 is 11.5 Å². The Morgan fingerprint density at radius 3 is 2.53 bits per heavy atom. The Balaban J connectivity index is 2.20. The number of nitrogen functional groups attached to an aromatic ring is 1. The summed E-state index contributed by atoms with van der Waals surface area (Å²) in [5, 5.41) is 0. The molecule has 2 heterocycles. The molecule has 1 aliphatic heterocycles. The zero-order valence-electron chi connectivity index (χ0n) is 12.3. The van der Waals surface area contributed by atoms with Crippen LogP contribution in [-0.2, 0) is 0 Å². The smallest absolute Gasteiger partial charge is 0.239 e. The Bertz CT molecular complexity index is 425. The predicted octanol–water partition coefficient (Wildman–Crippen LogP) is 1.59. The molecule has 2 rings (SSSR count). The van der Waals surface area contributed by atoms with Crippen molar-refractivity contribution in [3.05, 3.63) is 12.1 Å². The SMILES string of the molecule is CCOc1nc(N2CC(C)N(C)C(C)C2)ccc1N. The lowest BCUT2D eigenvalue weighted by atomic mass is 10.1. The van der Waals surface area contributed by atoms with E-state index in [1.807, 2.05) is 19.1 Å². The first-order chi connectivity index (χ1) is 9.02. The lowest BCUT2D eigenvalue weighted by Crippen LogP contribution is -2.55. The van der Waals surface area contributed by atoms with Crippen LogP contribution in [0.1, 0.15) is 20.8 Å². The molecule has 1 aromatic heterocycles. The number of ether oxygens (including phenoxy) is 1. The van der Waals surface area contributed by atoms with Gasteiger partial charge in [-0.05, 0) is 40.0 Å². The second-order valence-corrected chi connectivity index (χ2v) is 5.27. The summed E-state index contributed by atoms with van der Waals surface area (Å²) in [6.07, 6.45) is 0. The van der Waals surface area contributed by atoms with Crippen molar-refractivity contribution in [2.75, 3.05) is 37.4 Å². The third-order valence-electron chi connectivity index (χ3n) is 3.84. The van der Waals surface area contributed by atoms with Gasteiger partial charge in [0.15, 0.2) is 0 Å². The number of hydrogen-bond donors (Lipinski definition) is 1. The van der Waals surface area contributed by atoms with Gasteiger partial charge in [-0.15, -0.1) is 0 Å². The Morgan fingerprint density at radius 1 is 1.32 bits per heavy atom. The molecule has 2 unspecified atom stereocenters. The largest absolute Gasteiger partial charge is 0.476 e. The van der Waals surface area contributed by atoms with E-state index in [-0.39, 0.29) is 0 Å². The molecule has 0 aromatic carbocycles. The number of rotatable bonds is 3. The van der Waals surface area contributed by atoms with Gasteiger partial charge in [-0.3, -0.25) is 4.90 Å². The first-order valence-corrected chi connectivity index (χ1v) is 6.89. The summed E-state index contributed by atoms with van der Waals surface area (Å²) in [6.45, 7) is 8.95. The molecule has 106 valence electrons. The fourth-order valence-electron chi connectivity index (χ4n) is 2.46. The summed E-state index contributed by atoms with van der Waals surface area (Å²) in [5.74, 6) is 1.49. The van der Waals surface area contributed by atoms with E-state index in [2.05, 4.69) is 35.7 Å². The van der Waals surface area contributed by atoms with Crippen LogP contribution in [0.15, 0.2) is 12.1 Å². The number of anilines is 2. The second kappa shape index (κ2) is 5.65. The molecule has 0 bridgehead atoms. The summed E-state index contributed by atoms with van der Waals surface area (Å²) in [6, 6.07) is 4.88. The molecule has 2 atom stereocenters. The molecule has 19 heavy (non-hydrogen) atoms. The van der Waals surface area contributed by atoms with Crippen molar-refractivity contribution in [3.63, 3.8) is 0 Å². The standard InChI is InChI=1S/C14H24N4O/c1-5-19-14-12(15)6-7-13(16-14)18-8-10(2)17(4)11(3)9-18/h6-7,10-11H,5,8-9,15H2,1-4H3. The fourth-order valence-corrected chi connectivity index (χ4v) is 2.46. The normalized spacial score (nSPS) is 24.5. The van der Waals surface area contributed by atoms with Gasteiger partial charge >= 0.3 is 0 Å². The van der Waals surface area contributed by atoms with E-state index < -0.39 is 0 Å². The highest BCUT2D eigenvalue weighted by Crippen LogP contribution is 2.25. The lowest BCUT2D eigenvalue weighted by Gasteiger charge is -2.43. The van der Waals surface area contributed by atoms with Gasteiger partial charge < -0.3 is 15.4 Å². The Morgan fingerprint density at radius 2 is 1.95 bits per heavy atom. The van der Waals surface area contributed by atoms with E-state index in [9.17, 15) is 0 Å². The van der Waals surface area contributed by atoms with E-state index >= 15 is 0 Å². The summed E-state index contributed by atoms with van der Waals surface area (Å²) >= 11 is 0. The van der Waals surface area contributed by atoms with E-state index in [1.54, 1.807) is 0 Å². The first kappa shape index (κ1) is 13.9. The minimum absolute atomic E-state index is 0.513. The summed E-state index contributed by atoms with van der Waals surface area (Å²) < 4.78 is 5.47. The maximum Gasteiger partial charge on any atom is 0.239 e. The number of nitrogens with zero attached hydrogens (tertiary/aromatic N) is 3. The van der Waals surface area contributed by atoms with E-state index in [0.717, 1.165) is 18.9 Å². The van der Waals surface area contributed by atoms with Crippen LogP contribution in [0.2, 0.25) is 0 Å². The molecule has 0 radical (unpaired) electrons. The molecule has 1 fully saturated rings. The van der Waals surface area contributed by atoms with Gasteiger partial charge in [0.05, 0.1) is 12.3 Å². The van der Waals surface area contributed by atoms with Gasteiger partial charge in [-0.1, -0.05) is 0 Å². The van der Waals surface area contributed by atoms with Gasteiger partial charge in [0.1, 0.15) is 5.82 Å². The van der Waals surface area contributed by atoms with Crippen molar-refractivity contribution in [3.8, 4) is 5.88 Å². The van der Waals surface area contributed by atoms with Crippen molar-refractivity contribution < 1.29 is 4.74 Å². The van der Waals surface area contributed by atoms with E-state index in [0.29, 0.717) is 30.3 Å². The zero-order chi connectivity index (χ0) is 14.0. The molecule has 2 N–H and O–H groups in total. The van der Waals surface area contributed by atoms with Crippen LogP contribution >= 0.6 is 0 Å². The summed E-state index contributed by atoms with van der Waals surface area (Å²) in [5.41, 5.74) is 6.47. The van der Waals surface area contributed by atoms with Crippen LogP contribution in [0.4, 0.5) is 11.5 Å². The molecule has 0 saturated carbocycles. The van der Waals surface area contributed by atoms with E-state index in [1.165, 1.54) is 0 Å². The fraction of sp³-hybridized carbons (Fsp3) is 0.643. The first-order valence-electron chi connectivity index (χ1n) is 6.89. The van der Waals surface area contributed by atoms with Gasteiger partial charge in [0.2, 0.25) is 5.88 Å². The maximum atomic E-state index is 5.87. The van der Waals surface area contributed by atoms with Crippen molar-refractivity contribution in [1.82, 2.24) is 9.88 Å². The highest BCUT2D eigenvalue weighted by atomic mass is 16.5. The van der Waals surface area contributed by atoms with Crippen molar-refractivity contribution in [1.29, 1.82) is 0 Å². The predicted molar refractivity (Wildman–Crippen MR) is 78.7 cm³/mol. The Kier molecular flexibility index (Phi) is 4.14. The average molecular weight is 264 g/mol. The second-order valence-electron chi connectivity index (χ2n) is 5.27. The minimum atomic E-state index is 0.513. The lowest BCUT2D eigenvalue weighted by molar-refractivity contribution is 0.169. The third-order valence-corrected chi connectivity index (χ3v) is 3.84. The third kappa shape index (κ3) is 2.92. The highest BCUT2D eigenvalue weighted by Gasteiger charge is 2.27. The van der Waals surface area contributed by atoms with Gasteiger partial charge in [-0.2, -0.15) is 4.98 Å². The molecule has 1 saturated heterocycles. The molecule has 0 spiro atoms. The van der Waals surface area contributed by atoms with Crippen LogP contribution in [0.3, 0.4) is 0 Å². The summed E-state index contributed by atoms with van der Waals surface area (Å²) in [7, 11) is 2.18. The van der Waals surface area contributed by atoms with Crippen LogP contribution in [0, 0.1) is 0 Å². The Labute approximate surface area is 115 Å². The van der Waals surface area contributed by atoms with Crippen LogP contribution in [-0.4, -0.2) is 48.7 Å². The number of likely N-dealkylation sites (N-methyl/N-ethyl adjacent to an activating group) is 1. The quantitative estimate of drug-likeness (QED) is 0.898. The van der Waals surface area contributed by atoms with Gasteiger partial charge in [0.25, 0.3) is 0 Å². The number of piperazine rings is 1. The molecule has 1 aromatic rings. The molecule has 5 nitrogen and oxygen atoms in total. The molecule has 5 heteroatoms. The van der Waals surface area contributed by atoms with Crippen LogP contribution < -0.4 is 15.4 Å². The maximum absolute atomic E-state index is 5.87. The van der Waals surface area contributed by atoms with Crippen LogP contribution in [0.5, 0.6) is 5.88 Å². The Hall–Kier alpha value is -1.49. The van der Waals surface area contributed by atoms with Crippen molar-refractivity contribution in [2.24, 2.45) is 0 Å². The van der Waals surface area contributed by atoms with Gasteiger partial charge in [-0.25, -0.2) is 0 Å². The van der Waals surface area contributed by atoms with E-state index in [4.69, 9.17) is 10.5 Å². The topological polar surface area (TPSA) is 54.6 Å². The average Bonchev–Trinajstić information content (AvgIpc) is 2.38. The molecule has 1 aliphatic rings. The monoisotopic (exact) mass is 264 g/mol. The van der Waals surface area contributed by atoms with Crippen molar-refractivity contribution in [2.45, 2.75) is 32.9 Å². The summed E-state index contributed by atoms with van der Waals surface area (Å²) in [4.78, 5) is 9.24.